The van der Waals surface area contributed by atoms with Gasteiger partial charge in [0.2, 0.25) is 5.95 Å². The lowest BCUT2D eigenvalue weighted by Crippen LogP contribution is -2.37. The zero-order chi connectivity index (χ0) is 24.3. The molecule has 1 aliphatic rings. The first-order valence-electron chi connectivity index (χ1n) is 13.1. The van der Waals surface area contributed by atoms with E-state index in [9.17, 15) is 0 Å². The number of halogens is 1. The Hall–Kier alpha value is -2.51. The van der Waals surface area contributed by atoms with E-state index in [0.717, 1.165) is 106 Å². The summed E-state index contributed by atoms with van der Waals surface area (Å²) in [5.41, 5.74) is 2.02. The Morgan fingerprint density at radius 3 is 2.40 bits per heavy atom. The molecule has 188 valence electrons. The van der Waals surface area contributed by atoms with Gasteiger partial charge in [0.15, 0.2) is 0 Å². The first kappa shape index (κ1) is 25.6. The van der Waals surface area contributed by atoms with Crippen LogP contribution in [0.25, 0.3) is 10.9 Å². The van der Waals surface area contributed by atoms with Crippen LogP contribution in [0.5, 0.6) is 0 Å². The van der Waals surface area contributed by atoms with E-state index in [1.807, 2.05) is 30.5 Å². The van der Waals surface area contributed by atoms with Crippen molar-refractivity contribution >= 4 is 34.1 Å². The van der Waals surface area contributed by atoms with Crippen LogP contribution in [-0.4, -0.2) is 52.8 Å². The number of nitrogens with one attached hydrogen (secondary N) is 1. The highest BCUT2D eigenvalue weighted by Gasteiger charge is 2.16. The lowest BCUT2D eigenvalue weighted by Gasteiger charge is -2.27. The largest absolute Gasteiger partial charge is 0.384 e. The number of fused-ring (bicyclic) bond motifs is 1. The monoisotopic (exact) mass is 496 g/mol. The Morgan fingerprint density at radius 1 is 0.914 bits per heavy atom. The highest BCUT2D eigenvalue weighted by molar-refractivity contribution is 6.31. The number of ether oxygens (including phenoxy) is 1. The van der Waals surface area contributed by atoms with Crippen LogP contribution in [0.4, 0.5) is 11.6 Å². The van der Waals surface area contributed by atoms with E-state index in [1.54, 1.807) is 0 Å². The van der Waals surface area contributed by atoms with Crippen molar-refractivity contribution in [3.05, 3.63) is 47.1 Å². The number of hydrogen-bond donors (Lipinski definition) is 1. The van der Waals surface area contributed by atoms with Gasteiger partial charge in [-0.05, 0) is 43.5 Å². The summed E-state index contributed by atoms with van der Waals surface area (Å²) < 4.78 is 5.51. The summed E-state index contributed by atoms with van der Waals surface area (Å²) in [7, 11) is 0. The zero-order valence-electron chi connectivity index (χ0n) is 20.8. The Morgan fingerprint density at radius 2 is 1.66 bits per heavy atom. The molecule has 3 aromatic rings. The summed E-state index contributed by atoms with van der Waals surface area (Å²) >= 11 is 6.10. The molecule has 0 amide bonds. The van der Waals surface area contributed by atoms with Crippen LogP contribution >= 0.6 is 11.6 Å². The molecule has 0 spiro atoms. The molecular weight excluding hydrogens is 460 g/mol. The van der Waals surface area contributed by atoms with Crippen LogP contribution in [0.3, 0.4) is 0 Å². The molecule has 0 atom stereocenters. The third-order valence-electron chi connectivity index (χ3n) is 6.36. The quantitative estimate of drug-likeness (QED) is 0.297. The Bertz CT molecular complexity index is 1070. The fraction of sp³-hybridized carbons (Fsp3) is 0.556. The van der Waals surface area contributed by atoms with Gasteiger partial charge in [-0.25, -0.2) is 4.98 Å². The fourth-order valence-electron chi connectivity index (χ4n) is 4.38. The average molecular weight is 497 g/mol. The molecule has 0 bridgehead atoms. The minimum absolute atomic E-state index is 0.710. The number of aromatic nitrogens is 4. The molecule has 1 N–H and O–H groups in total. The molecule has 1 aromatic carbocycles. The smallest absolute Gasteiger partial charge is 0.229 e. The van der Waals surface area contributed by atoms with Gasteiger partial charge in [0.25, 0.3) is 0 Å². The highest BCUT2D eigenvalue weighted by atomic mass is 35.5. The second-order valence-corrected chi connectivity index (χ2v) is 9.57. The number of rotatable bonds is 13. The average Bonchev–Trinajstić information content (AvgIpc) is 2.89. The summed E-state index contributed by atoms with van der Waals surface area (Å²) in [4.78, 5) is 21.1. The normalized spacial score (nSPS) is 13.9. The third-order valence-corrected chi connectivity index (χ3v) is 6.60. The SMILES string of the molecule is CCCCCCc1nc(CCCCCNc2ccnc3cc(Cl)ccc23)nc(N2CCOCC2)n1. The van der Waals surface area contributed by atoms with Crippen molar-refractivity contribution in [2.75, 3.05) is 43.1 Å². The molecule has 1 fully saturated rings. The first-order chi connectivity index (χ1) is 17.2. The van der Waals surface area contributed by atoms with Crippen LogP contribution in [-0.2, 0) is 17.6 Å². The van der Waals surface area contributed by atoms with Crippen molar-refractivity contribution in [1.82, 2.24) is 19.9 Å². The number of anilines is 2. The highest BCUT2D eigenvalue weighted by Crippen LogP contribution is 2.24. The fourth-order valence-corrected chi connectivity index (χ4v) is 4.54. The molecule has 4 rings (SSSR count). The van der Waals surface area contributed by atoms with Crippen molar-refractivity contribution < 1.29 is 4.74 Å². The number of benzene rings is 1. The lowest BCUT2D eigenvalue weighted by atomic mass is 10.1. The minimum Gasteiger partial charge on any atom is -0.384 e. The van der Waals surface area contributed by atoms with Crippen LogP contribution in [0.2, 0.25) is 5.02 Å². The molecule has 1 saturated heterocycles. The number of pyridine rings is 1. The lowest BCUT2D eigenvalue weighted by molar-refractivity contribution is 0.122. The molecule has 0 radical (unpaired) electrons. The third kappa shape index (κ3) is 7.74. The van der Waals surface area contributed by atoms with E-state index in [-0.39, 0.29) is 0 Å². The molecule has 7 nitrogen and oxygen atoms in total. The standard InChI is InChI=1S/C27H37ClN6O/c1-2-3-4-6-9-25-31-26(33-27(32-25)34-16-18-35-19-17-34)10-7-5-8-14-29-23-13-15-30-24-20-21(28)11-12-22(23)24/h11-13,15,20H,2-10,14,16-19H2,1H3,(H,29,30). The van der Waals surface area contributed by atoms with Crippen molar-refractivity contribution in [3.63, 3.8) is 0 Å². The van der Waals surface area contributed by atoms with E-state index in [0.29, 0.717) is 5.02 Å². The van der Waals surface area contributed by atoms with Gasteiger partial charge in [-0.15, -0.1) is 0 Å². The first-order valence-corrected chi connectivity index (χ1v) is 13.5. The van der Waals surface area contributed by atoms with Crippen molar-refractivity contribution in [1.29, 1.82) is 0 Å². The molecule has 35 heavy (non-hydrogen) atoms. The molecule has 2 aromatic heterocycles. The maximum atomic E-state index is 6.10. The molecule has 0 aliphatic carbocycles. The second kappa shape index (κ2) is 13.5. The minimum atomic E-state index is 0.710. The Kier molecular flexibility index (Phi) is 9.90. The summed E-state index contributed by atoms with van der Waals surface area (Å²) in [5, 5.41) is 5.37. The van der Waals surface area contributed by atoms with Crippen molar-refractivity contribution in [3.8, 4) is 0 Å². The maximum absolute atomic E-state index is 6.10. The van der Waals surface area contributed by atoms with Gasteiger partial charge in [-0.3, -0.25) is 4.98 Å². The van der Waals surface area contributed by atoms with Gasteiger partial charge in [0, 0.05) is 54.8 Å². The van der Waals surface area contributed by atoms with Gasteiger partial charge in [0.1, 0.15) is 11.6 Å². The number of hydrogen-bond acceptors (Lipinski definition) is 7. The van der Waals surface area contributed by atoms with Gasteiger partial charge >= 0.3 is 0 Å². The van der Waals surface area contributed by atoms with Crippen LogP contribution in [0.1, 0.15) is 63.5 Å². The number of nitrogens with zero attached hydrogens (tertiary/aromatic N) is 5. The van der Waals surface area contributed by atoms with Crippen molar-refractivity contribution in [2.24, 2.45) is 0 Å². The predicted octanol–water partition coefficient (Wildman–Crippen LogP) is 5.86. The molecule has 3 heterocycles. The van der Waals surface area contributed by atoms with Crippen LogP contribution in [0, 0.1) is 0 Å². The van der Waals surface area contributed by atoms with Gasteiger partial charge in [-0.1, -0.05) is 44.2 Å². The molecular formula is C27H37ClN6O. The zero-order valence-corrected chi connectivity index (χ0v) is 21.6. The van der Waals surface area contributed by atoms with E-state index in [4.69, 9.17) is 31.3 Å². The summed E-state index contributed by atoms with van der Waals surface area (Å²) in [6, 6.07) is 7.87. The van der Waals surface area contributed by atoms with E-state index >= 15 is 0 Å². The Labute approximate surface area is 213 Å². The van der Waals surface area contributed by atoms with Gasteiger partial charge in [0.05, 0.1) is 18.7 Å². The number of unbranched alkanes of at least 4 members (excludes halogenated alkanes) is 5. The Balaban J connectivity index is 1.28. The second-order valence-electron chi connectivity index (χ2n) is 9.14. The maximum Gasteiger partial charge on any atom is 0.229 e. The molecule has 1 aliphatic heterocycles. The van der Waals surface area contributed by atoms with Gasteiger partial charge < -0.3 is 15.0 Å². The van der Waals surface area contributed by atoms with Crippen LogP contribution < -0.4 is 10.2 Å². The van der Waals surface area contributed by atoms with Crippen molar-refractivity contribution in [2.45, 2.75) is 64.7 Å². The predicted molar refractivity (Wildman–Crippen MR) is 144 cm³/mol. The summed E-state index contributed by atoms with van der Waals surface area (Å²) in [6.07, 6.45) is 11.8. The topological polar surface area (TPSA) is 76.1 Å². The van der Waals surface area contributed by atoms with E-state index < -0.39 is 0 Å². The van der Waals surface area contributed by atoms with E-state index in [1.165, 1.54) is 19.3 Å². The van der Waals surface area contributed by atoms with Gasteiger partial charge in [-0.2, -0.15) is 9.97 Å². The molecule has 0 unspecified atom stereocenters. The summed E-state index contributed by atoms with van der Waals surface area (Å²) in [6.45, 7) is 6.32. The summed E-state index contributed by atoms with van der Waals surface area (Å²) in [5.74, 6) is 2.70. The van der Waals surface area contributed by atoms with Crippen LogP contribution in [0.15, 0.2) is 30.5 Å². The molecule has 8 heteroatoms. The van der Waals surface area contributed by atoms with E-state index in [2.05, 4.69) is 22.1 Å². The number of morpholine rings is 1. The number of aryl methyl sites for hydroxylation is 2. The molecule has 0 saturated carbocycles.